The molecule has 0 saturated carbocycles. The SMILES string of the molecule is COc1cc(C2SCC(C(=O)O)N2C[C@H](C)C(=O)SSC(=O)[C@@H](C)CN2C(C(=O)O)CSC2c2ccc(O)c(OC)c2)ccc1O. The maximum atomic E-state index is 13.2. The van der Waals surface area contributed by atoms with Gasteiger partial charge < -0.3 is 29.9 Å². The zero-order chi connectivity index (χ0) is 33.7. The molecule has 0 radical (unpaired) electrons. The second kappa shape index (κ2) is 15.9. The Morgan fingerprint density at radius 1 is 0.761 bits per heavy atom. The molecule has 0 spiro atoms. The van der Waals surface area contributed by atoms with Gasteiger partial charge in [-0.3, -0.25) is 29.0 Å². The highest BCUT2D eigenvalue weighted by Gasteiger charge is 2.42. The van der Waals surface area contributed by atoms with Crippen molar-refractivity contribution in [3.63, 3.8) is 0 Å². The monoisotopic (exact) mass is 712 g/mol. The van der Waals surface area contributed by atoms with Gasteiger partial charge in [-0.25, -0.2) is 0 Å². The number of phenolic OH excluding ortho intramolecular Hbond substituents is 2. The standard InChI is InChI=1S/C30H36N2O10S4/c1-15(11-31-19(27(35)36)13-43-25(31)17-5-7-21(33)23(9-17)41-3)29(39)45-46-30(40)16(2)12-32-20(28(37)38)14-44-26(32)18-6-8-22(34)24(10-18)42-4/h5-10,15-16,19-20,25-26,33-34H,11-14H2,1-4H3,(H,35,36)(H,37,38)/t15-,16-,19?,20?,25?,26?/m0/s1. The molecule has 0 aliphatic carbocycles. The van der Waals surface area contributed by atoms with Crippen molar-refractivity contribution in [3.05, 3.63) is 47.5 Å². The van der Waals surface area contributed by atoms with Crippen LogP contribution < -0.4 is 9.47 Å². The molecule has 4 unspecified atom stereocenters. The van der Waals surface area contributed by atoms with Crippen LogP contribution in [-0.2, 0) is 19.2 Å². The van der Waals surface area contributed by atoms with E-state index in [1.165, 1.54) is 49.9 Å². The Kier molecular flexibility index (Phi) is 12.5. The van der Waals surface area contributed by atoms with Gasteiger partial charge in [0.15, 0.2) is 23.0 Å². The van der Waals surface area contributed by atoms with E-state index in [4.69, 9.17) is 9.47 Å². The van der Waals surface area contributed by atoms with Crippen LogP contribution in [0.5, 0.6) is 23.0 Å². The van der Waals surface area contributed by atoms with E-state index in [2.05, 4.69) is 0 Å². The quantitative estimate of drug-likeness (QED) is 0.226. The number of benzene rings is 2. The Hall–Kier alpha value is -2.76. The smallest absolute Gasteiger partial charge is 0.321 e. The number of thioether (sulfide) groups is 2. The number of carboxylic acid groups (broad SMARTS) is 2. The average Bonchev–Trinajstić information content (AvgIpc) is 3.64. The summed E-state index contributed by atoms with van der Waals surface area (Å²) in [5, 5.41) is 38.4. The third kappa shape index (κ3) is 8.20. The van der Waals surface area contributed by atoms with Crippen molar-refractivity contribution in [2.24, 2.45) is 11.8 Å². The summed E-state index contributed by atoms with van der Waals surface area (Å²) in [4.78, 5) is 53.9. The lowest BCUT2D eigenvalue weighted by Gasteiger charge is -2.30. The van der Waals surface area contributed by atoms with Crippen LogP contribution in [0.3, 0.4) is 0 Å². The van der Waals surface area contributed by atoms with Crippen molar-refractivity contribution >= 4 is 67.3 Å². The van der Waals surface area contributed by atoms with E-state index in [1.54, 1.807) is 47.9 Å². The predicted octanol–water partition coefficient (Wildman–Crippen LogP) is 4.52. The fourth-order valence-corrected chi connectivity index (χ4v) is 10.3. The zero-order valence-corrected chi connectivity index (χ0v) is 28.8. The third-order valence-corrected chi connectivity index (χ3v) is 12.9. The lowest BCUT2D eigenvalue weighted by atomic mass is 10.1. The third-order valence-electron chi connectivity index (χ3n) is 7.76. The van der Waals surface area contributed by atoms with Crippen LogP contribution in [0.15, 0.2) is 36.4 Å². The highest BCUT2D eigenvalue weighted by molar-refractivity contribution is 8.87. The summed E-state index contributed by atoms with van der Waals surface area (Å²) in [5.41, 5.74) is 1.47. The summed E-state index contributed by atoms with van der Waals surface area (Å²) >= 11 is 2.84. The highest BCUT2D eigenvalue weighted by Crippen LogP contribution is 2.46. The van der Waals surface area contributed by atoms with Crippen LogP contribution in [0.2, 0.25) is 0 Å². The number of aliphatic carboxylic acids is 2. The Bertz CT molecular complexity index is 1360. The largest absolute Gasteiger partial charge is 0.504 e. The summed E-state index contributed by atoms with van der Waals surface area (Å²) in [6, 6.07) is 8.00. The lowest BCUT2D eigenvalue weighted by molar-refractivity contribution is -0.143. The Balaban J connectivity index is 1.39. The van der Waals surface area contributed by atoms with Crippen molar-refractivity contribution in [3.8, 4) is 23.0 Å². The van der Waals surface area contributed by atoms with Gasteiger partial charge in [-0.05, 0) is 57.0 Å². The van der Waals surface area contributed by atoms with Gasteiger partial charge in [0.2, 0.25) is 10.2 Å². The molecule has 0 aromatic heterocycles. The van der Waals surface area contributed by atoms with E-state index in [0.717, 1.165) is 32.7 Å². The minimum Gasteiger partial charge on any atom is -0.504 e. The van der Waals surface area contributed by atoms with Crippen LogP contribution in [-0.4, -0.2) is 103 Å². The number of phenols is 2. The Morgan fingerprint density at radius 2 is 1.13 bits per heavy atom. The van der Waals surface area contributed by atoms with Gasteiger partial charge in [0.25, 0.3) is 0 Å². The molecule has 250 valence electrons. The van der Waals surface area contributed by atoms with E-state index in [9.17, 15) is 39.6 Å². The van der Waals surface area contributed by atoms with Gasteiger partial charge >= 0.3 is 11.9 Å². The second-order valence-corrected chi connectivity index (χ2v) is 15.3. The number of ether oxygens (including phenoxy) is 2. The summed E-state index contributed by atoms with van der Waals surface area (Å²) in [6.45, 7) is 3.65. The van der Waals surface area contributed by atoms with E-state index < -0.39 is 35.9 Å². The van der Waals surface area contributed by atoms with Crippen molar-refractivity contribution < 1.29 is 49.1 Å². The van der Waals surface area contributed by atoms with Crippen molar-refractivity contribution in [1.29, 1.82) is 0 Å². The molecule has 2 aliphatic heterocycles. The number of carbonyl (C=O) groups is 4. The minimum absolute atomic E-state index is 0.0375. The summed E-state index contributed by atoms with van der Waals surface area (Å²) in [6.07, 6.45) is 0. The molecule has 0 bridgehead atoms. The normalized spacial score (nSPS) is 23.1. The topological polar surface area (TPSA) is 174 Å². The van der Waals surface area contributed by atoms with Crippen LogP contribution in [0.4, 0.5) is 0 Å². The Morgan fingerprint density at radius 3 is 1.46 bits per heavy atom. The molecule has 4 N–H and O–H groups in total. The number of nitrogens with zero attached hydrogens (tertiary/aromatic N) is 2. The van der Waals surface area contributed by atoms with Crippen LogP contribution in [0, 0.1) is 11.8 Å². The van der Waals surface area contributed by atoms with Crippen molar-refractivity contribution in [2.75, 3.05) is 38.8 Å². The minimum atomic E-state index is -1.00. The van der Waals surface area contributed by atoms with Crippen molar-refractivity contribution in [1.82, 2.24) is 9.80 Å². The molecule has 2 saturated heterocycles. The van der Waals surface area contributed by atoms with Gasteiger partial charge in [0.1, 0.15) is 12.1 Å². The molecule has 0 amide bonds. The predicted molar refractivity (Wildman–Crippen MR) is 179 cm³/mol. The van der Waals surface area contributed by atoms with Gasteiger partial charge in [0.05, 0.1) is 25.0 Å². The van der Waals surface area contributed by atoms with E-state index in [-0.39, 0.29) is 57.1 Å². The molecular weight excluding hydrogens is 677 g/mol. The summed E-state index contributed by atoms with van der Waals surface area (Å²) in [5.74, 6) is -2.16. The Labute approximate surface area is 283 Å². The van der Waals surface area contributed by atoms with Gasteiger partial charge in [0, 0.05) is 36.4 Å². The first kappa shape index (κ1) is 36.1. The number of carboxylic acids is 2. The molecular formula is C30H36N2O10S4. The van der Waals surface area contributed by atoms with Crippen LogP contribution >= 0.6 is 45.1 Å². The summed E-state index contributed by atoms with van der Waals surface area (Å²) < 4.78 is 10.4. The van der Waals surface area contributed by atoms with E-state index in [1.807, 2.05) is 0 Å². The number of rotatable bonds is 12. The molecule has 16 heteroatoms. The maximum Gasteiger partial charge on any atom is 0.321 e. The number of carbonyl (C=O) groups excluding carboxylic acids is 2. The van der Waals surface area contributed by atoms with Gasteiger partial charge in [-0.1, -0.05) is 26.0 Å². The van der Waals surface area contributed by atoms with Gasteiger partial charge in [-0.2, -0.15) is 0 Å². The van der Waals surface area contributed by atoms with E-state index >= 15 is 0 Å². The molecule has 6 atom stereocenters. The maximum absolute atomic E-state index is 13.2. The molecule has 12 nitrogen and oxygen atoms in total. The summed E-state index contributed by atoms with van der Waals surface area (Å²) in [7, 11) is 4.45. The molecule has 2 heterocycles. The first-order chi connectivity index (χ1) is 21.9. The fraction of sp³-hybridized carbons (Fsp3) is 0.467. The number of hydrogen-bond donors (Lipinski definition) is 4. The molecule has 2 aromatic carbocycles. The second-order valence-electron chi connectivity index (χ2n) is 10.9. The molecule has 46 heavy (non-hydrogen) atoms. The molecule has 2 aromatic rings. The number of hydrogen-bond acceptors (Lipinski definition) is 14. The van der Waals surface area contributed by atoms with Crippen LogP contribution in [0.25, 0.3) is 0 Å². The first-order valence-corrected chi connectivity index (χ1v) is 18.5. The molecule has 4 rings (SSSR count). The van der Waals surface area contributed by atoms with Crippen molar-refractivity contribution in [2.45, 2.75) is 36.7 Å². The number of methoxy groups -OCH3 is 2. The lowest BCUT2D eigenvalue weighted by Crippen LogP contribution is -2.42. The number of aromatic hydroxyl groups is 2. The van der Waals surface area contributed by atoms with Crippen LogP contribution in [0.1, 0.15) is 35.7 Å². The fourth-order valence-electron chi connectivity index (χ4n) is 5.25. The molecule has 2 fully saturated rings. The highest BCUT2D eigenvalue weighted by atomic mass is 33.1. The van der Waals surface area contributed by atoms with E-state index in [0.29, 0.717) is 11.5 Å². The molecule has 2 aliphatic rings. The first-order valence-electron chi connectivity index (χ1n) is 14.2. The average molecular weight is 713 g/mol. The van der Waals surface area contributed by atoms with Gasteiger partial charge in [-0.15, -0.1) is 23.5 Å². The zero-order valence-electron chi connectivity index (χ0n) is 25.5.